The first kappa shape index (κ1) is 21.8. The number of nitrogens with zero attached hydrogens (tertiary/aromatic N) is 6. The Morgan fingerprint density at radius 1 is 1.03 bits per heavy atom. The molecule has 0 spiro atoms. The molecule has 174 valence electrons. The number of para-hydroxylation sites is 1. The van der Waals surface area contributed by atoms with Crippen LogP contribution in [0.5, 0.6) is 5.75 Å². The molecule has 3 N–H and O–H groups in total. The van der Waals surface area contributed by atoms with Crippen LogP contribution in [0.15, 0.2) is 70.9 Å². The molecule has 35 heavy (non-hydrogen) atoms. The fourth-order valence-electron chi connectivity index (χ4n) is 3.52. The average Bonchev–Trinajstić information content (AvgIpc) is 3.49. The van der Waals surface area contributed by atoms with Gasteiger partial charge in [-0.25, -0.2) is 13.9 Å². The zero-order chi connectivity index (χ0) is 24.5. The lowest BCUT2D eigenvalue weighted by molar-refractivity contribution is -0.112. The Labute approximate surface area is 196 Å². The van der Waals surface area contributed by atoms with Gasteiger partial charge in [0.2, 0.25) is 0 Å². The summed E-state index contributed by atoms with van der Waals surface area (Å²) < 4.78 is 26.9. The van der Waals surface area contributed by atoms with Crippen LogP contribution in [0.4, 0.5) is 20.2 Å². The number of aromatic amines is 1. The van der Waals surface area contributed by atoms with Crippen molar-refractivity contribution in [2.75, 3.05) is 10.4 Å². The zero-order valence-corrected chi connectivity index (χ0v) is 18.1. The lowest BCUT2D eigenvalue weighted by Gasteiger charge is -2.12. The third-order valence-corrected chi connectivity index (χ3v) is 5.25. The Morgan fingerprint density at radius 3 is 2.60 bits per heavy atom. The third-order valence-electron chi connectivity index (χ3n) is 5.25. The summed E-state index contributed by atoms with van der Waals surface area (Å²) in [7, 11) is 0. The highest BCUT2D eigenvalue weighted by Crippen LogP contribution is 2.36. The number of aromatic hydroxyl groups is 1. The second kappa shape index (κ2) is 8.74. The molecule has 0 radical (unpaired) electrons. The van der Waals surface area contributed by atoms with Crippen LogP contribution in [0.3, 0.4) is 0 Å². The minimum Gasteiger partial charge on any atom is -0.505 e. The van der Waals surface area contributed by atoms with Crippen molar-refractivity contribution in [3.8, 4) is 28.3 Å². The van der Waals surface area contributed by atoms with E-state index < -0.39 is 17.5 Å². The average molecular weight is 474 g/mol. The maximum atomic E-state index is 13.6. The van der Waals surface area contributed by atoms with Gasteiger partial charge in [0.1, 0.15) is 5.75 Å². The van der Waals surface area contributed by atoms with Crippen molar-refractivity contribution >= 4 is 28.7 Å². The van der Waals surface area contributed by atoms with Crippen LogP contribution in [0.25, 0.3) is 22.5 Å². The molecule has 0 saturated carbocycles. The number of nitrogens with one attached hydrogen (secondary N) is 2. The highest BCUT2D eigenvalue weighted by atomic mass is 19.2. The number of benzene rings is 3. The quantitative estimate of drug-likeness (QED) is 0.299. The molecule has 0 saturated heterocycles. The Morgan fingerprint density at radius 2 is 1.83 bits per heavy atom. The first-order chi connectivity index (χ1) is 16.9. The van der Waals surface area contributed by atoms with E-state index in [1.165, 1.54) is 6.07 Å². The number of hydrogen-bond acceptors (Lipinski definition) is 8. The van der Waals surface area contributed by atoms with Gasteiger partial charge in [0, 0.05) is 17.2 Å². The first-order valence-corrected chi connectivity index (χ1v) is 10.3. The van der Waals surface area contributed by atoms with E-state index in [4.69, 9.17) is 0 Å². The third kappa shape index (κ3) is 4.08. The summed E-state index contributed by atoms with van der Waals surface area (Å²) in [6.07, 6.45) is 0. The van der Waals surface area contributed by atoms with Gasteiger partial charge in [-0.1, -0.05) is 30.3 Å². The Bertz CT molecular complexity index is 1500. The van der Waals surface area contributed by atoms with Crippen molar-refractivity contribution in [1.29, 1.82) is 0 Å². The van der Waals surface area contributed by atoms with E-state index in [9.17, 15) is 18.7 Å². The molecule has 1 amide bonds. The first-order valence-electron chi connectivity index (χ1n) is 10.3. The molecule has 0 bridgehead atoms. The van der Waals surface area contributed by atoms with Crippen molar-refractivity contribution in [1.82, 2.24) is 20.6 Å². The minimum atomic E-state index is -1.10. The van der Waals surface area contributed by atoms with E-state index in [1.54, 1.807) is 31.2 Å². The van der Waals surface area contributed by atoms with Gasteiger partial charge in [0.05, 0.1) is 17.1 Å². The number of amides is 1. The number of carbonyl (C=O) groups excluding carboxylic acids is 1. The number of halogens is 2. The van der Waals surface area contributed by atoms with Gasteiger partial charge < -0.3 is 5.11 Å². The molecule has 0 unspecified atom stereocenters. The van der Waals surface area contributed by atoms with Crippen LogP contribution in [-0.2, 0) is 4.79 Å². The lowest BCUT2D eigenvalue weighted by atomic mass is 10.0. The van der Waals surface area contributed by atoms with E-state index >= 15 is 0 Å². The lowest BCUT2D eigenvalue weighted by Crippen LogP contribution is -2.28. The Balaban J connectivity index is 1.41. The molecule has 10 nitrogen and oxygen atoms in total. The number of tetrazole rings is 1. The van der Waals surface area contributed by atoms with E-state index in [-0.39, 0.29) is 28.5 Å². The zero-order valence-electron chi connectivity index (χ0n) is 18.1. The molecule has 3 aromatic carbocycles. The van der Waals surface area contributed by atoms with Crippen molar-refractivity contribution in [2.24, 2.45) is 10.2 Å². The van der Waals surface area contributed by atoms with E-state index in [0.717, 1.165) is 22.7 Å². The molecule has 0 atom stereocenters. The maximum absolute atomic E-state index is 13.6. The monoisotopic (exact) mass is 474 g/mol. The number of anilines is 2. The molecule has 5 rings (SSSR count). The molecule has 4 aromatic rings. The molecule has 2 heterocycles. The Kier molecular flexibility index (Phi) is 5.45. The predicted octanol–water partition coefficient (Wildman–Crippen LogP) is 3.71. The topological polar surface area (TPSA) is 132 Å². The van der Waals surface area contributed by atoms with Gasteiger partial charge in [0.15, 0.2) is 23.2 Å². The molecule has 1 aromatic heterocycles. The van der Waals surface area contributed by atoms with Crippen LogP contribution in [0, 0.1) is 11.6 Å². The normalized spacial score (nSPS) is 14.5. The number of H-pyrrole nitrogens is 1. The maximum Gasteiger partial charge on any atom is 0.301 e. The molecule has 12 heteroatoms. The van der Waals surface area contributed by atoms with Crippen molar-refractivity contribution in [3.05, 3.63) is 72.3 Å². The van der Waals surface area contributed by atoms with Gasteiger partial charge in [-0.2, -0.15) is 15.2 Å². The van der Waals surface area contributed by atoms with Gasteiger partial charge in [-0.15, -0.1) is 5.10 Å². The number of phenolic OH excluding ortho intramolecular Hbond substituents is 1. The van der Waals surface area contributed by atoms with Crippen molar-refractivity contribution in [3.63, 3.8) is 0 Å². The summed E-state index contributed by atoms with van der Waals surface area (Å²) >= 11 is 0. The second-order valence-corrected chi connectivity index (χ2v) is 7.51. The fourth-order valence-corrected chi connectivity index (χ4v) is 3.52. The minimum absolute atomic E-state index is 0.0423. The van der Waals surface area contributed by atoms with E-state index in [2.05, 4.69) is 36.3 Å². The number of hydrazone groups is 2. The SMILES string of the molecule is CC1=NN(c2ccc(F)c(F)c2)C(=O)/C1=N\Nc1cccc(-c2cccc(-c3nnn[nH]3)c2)c1O. The summed E-state index contributed by atoms with van der Waals surface area (Å²) in [5.74, 6) is -2.38. The van der Waals surface area contributed by atoms with Crippen LogP contribution >= 0.6 is 0 Å². The summed E-state index contributed by atoms with van der Waals surface area (Å²) in [5, 5.41) is 33.7. The molecule has 0 fully saturated rings. The molecular formula is C23H16F2N8O2. The highest BCUT2D eigenvalue weighted by molar-refractivity contribution is 6.71. The summed E-state index contributed by atoms with van der Waals surface area (Å²) in [6, 6.07) is 15.3. The van der Waals surface area contributed by atoms with E-state index in [0.29, 0.717) is 17.0 Å². The number of carbonyl (C=O) groups is 1. The van der Waals surface area contributed by atoms with Crippen LogP contribution in [0.1, 0.15) is 6.92 Å². The van der Waals surface area contributed by atoms with Crippen LogP contribution in [0.2, 0.25) is 0 Å². The fraction of sp³-hybridized carbons (Fsp3) is 0.0435. The number of phenols is 1. The summed E-state index contributed by atoms with van der Waals surface area (Å²) in [4.78, 5) is 12.8. The molecule has 0 aliphatic carbocycles. The predicted molar refractivity (Wildman–Crippen MR) is 125 cm³/mol. The van der Waals surface area contributed by atoms with Crippen molar-refractivity contribution in [2.45, 2.75) is 6.92 Å². The highest BCUT2D eigenvalue weighted by Gasteiger charge is 2.31. The van der Waals surface area contributed by atoms with Crippen LogP contribution < -0.4 is 10.4 Å². The summed E-state index contributed by atoms with van der Waals surface area (Å²) in [6.45, 7) is 1.55. The number of rotatable bonds is 5. The largest absolute Gasteiger partial charge is 0.505 e. The van der Waals surface area contributed by atoms with Gasteiger partial charge in [-0.3, -0.25) is 10.2 Å². The second-order valence-electron chi connectivity index (χ2n) is 7.51. The van der Waals surface area contributed by atoms with Gasteiger partial charge >= 0.3 is 5.91 Å². The summed E-state index contributed by atoms with van der Waals surface area (Å²) in [5.41, 5.74) is 5.16. The van der Waals surface area contributed by atoms with E-state index in [1.807, 2.05) is 18.2 Å². The number of hydrogen-bond donors (Lipinski definition) is 3. The molecule has 1 aliphatic rings. The van der Waals surface area contributed by atoms with Crippen LogP contribution in [-0.4, -0.2) is 43.1 Å². The molecular weight excluding hydrogens is 458 g/mol. The smallest absolute Gasteiger partial charge is 0.301 e. The van der Waals surface area contributed by atoms with Crippen molar-refractivity contribution < 1.29 is 18.7 Å². The standard InChI is InChI=1S/C23H16F2N8O2/c1-12-20(23(35)33(30-12)15-8-9-17(24)18(25)11-15)27-26-19-7-3-6-16(21(19)34)13-4-2-5-14(10-13)22-28-31-32-29-22/h2-11,26,34H,1H3,(H,28,29,31,32)/b27-20-. The van der Waals surface area contributed by atoms with Gasteiger partial charge in [0.25, 0.3) is 0 Å². The van der Waals surface area contributed by atoms with Gasteiger partial charge in [-0.05, 0) is 47.2 Å². The molecule has 1 aliphatic heterocycles. The Hall–Kier alpha value is -5.00. The number of aromatic nitrogens is 4.